The molecule has 0 radical (unpaired) electrons. The number of hydrogen-bond acceptors (Lipinski definition) is 4. The third-order valence-electron chi connectivity index (χ3n) is 3.48. The average Bonchev–Trinajstić information content (AvgIpc) is 3.06. The molecule has 1 N–H and O–H groups in total. The number of carbonyl (C=O) groups is 1. The molecule has 1 aliphatic carbocycles. The van der Waals surface area contributed by atoms with Gasteiger partial charge in [0.05, 0.1) is 17.0 Å². The van der Waals surface area contributed by atoms with Crippen molar-refractivity contribution in [2.75, 3.05) is 0 Å². The molecule has 0 bridgehead atoms. The maximum atomic E-state index is 13.5. The second-order valence-corrected chi connectivity index (χ2v) is 5.22. The highest BCUT2D eigenvalue weighted by Gasteiger charge is 2.51. The summed E-state index contributed by atoms with van der Waals surface area (Å²) in [4.78, 5) is 11.2. The number of tetrazole rings is 1. The molecule has 8 heteroatoms. The standard InChI is InChI=1S/C12H10ClFN4O2/c13-9-7(2-1-3-8(9)14)10-15-16-17-18(10)6-12(4-5-12)11(19)20/h1-3H,4-6H2,(H,19,20). The molecule has 104 valence electrons. The molecule has 0 saturated heterocycles. The molecular formula is C12H10ClFN4O2. The summed E-state index contributed by atoms with van der Waals surface area (Å²) in [6, 6.07) is 4.33. The highest BCUT2D eigenvalue weighted by Crippen LogP contribution is 2.47. The lowest BCUT2D eigenvalue weighted by molar-refractivity contribution is -0.144. The topological polar surface area (TPSA) is 80.9 Å². The van der Waals surface area contributed by atoms with Crippen LogP contribution < -0.4 is 0 Å². The van der Waals surface area contributed by atoms with Gasteiger partial charge in [-0.1, -0.05) is 17.7 Å². The molecule has 0 spiro atoms. The summed E-state index contributed by atoms with van der Waals surface area (Å²) in [6.07, 6.45) is 1.16. The highest BCUT2D eigenvalue weighted by molar-refractivity contribution is 6.33. The number of rotatable bonds is 4. The fourth-order valence-corrected chi connectivity index (χ4v) is 2.27. The van der Waals surface area contributed by atoms with Crippen LogP contribution >= 0.6 is 11.6 Å². The van der Waals surface area contributed by atoms with Gasteiger partial charge in [0, 0.05) is 5.56 Å². The van der Waals surface area contributed by atoms with Crippen molar-refractivity contribution in [3.8, 4) is 11.4 Å². The summed E-state index contributed by atoms with van der Waals surface area (Å²) in [6.45, 7) is 0.150. The first-order chi connectivity index (χ1) is 9.53. The van der Waals surface area contributed by atoms with Gasteiger partial charge in [0.1, 0.15) is 5.82 Å². The lowest BCUT2D eigenvalue weighted by Crippen LogP contribution is -2.22. The molecule has 1 aromatic carbocycles. The van der Waals surface area contributed by atoms with Crippen molar-refractivity contribution in [1.29, 1.82) is 0 Å². The minimum Gasteiger partial charge on any atom is -0.481 e. The minimum atomic E-state index is -0.871. The highest BCUT2D eigenvalue weighted by atomic mass is 35.5. The number of hydrogen-bond donors (Lipinski definition) is 1. The lowest BCUT2D eigenvalue weighted by atomic mass is 10.1. The van der Waals surface area contributed by atoms with Crippen LogP contribution in [0.15, 0.2) is 18.2 Å². The Bertz CT molecular complexity index is 684. The van der Waals surface area contributed by atoms with E-state index in [0.29, 0.717) is 18.4 Å². The zero-order chi connectivity index (χ0) is 14.3. The molecule has 20 heavy (non-hydrogen) atoms. The van der Waals surface area contributed by atoms with Crippen LogP contribution in [0.1, 0.15) is 12.8 Å². The smallest absolute Gasteiger partial charge is 0.311 e. The number of carboxylic acid groups (broad SMARTS) is 1. The zero-order valence-electron chi connectivity index (χ0n) is 10.3. The minimum absolute atomic E-state index is 0.0799. The van der Waals surface area contributed by atoms with E-state index in [1.54, 1.807) is 6.07 Å². The summed E-state index contributed by atoms with van der Waals surface area (Å²) in [7, 11) is 0. The van der Waals surface area contributed by atoms with Gasteiger partial charge in [0.15, 0.2) is 5.82 Å². The van der Waals surface area contributed by atoms with E-state index in [1.807, 2.05) is 0 Å². The molecule has 1 heterocycles. The van der Waals surface area contributed by atoms with Crippen LogP contribution in [0, 0.1) is 11.2 Å². The molecule has 6 nitrogen and oxygen atoms in total. The van der Waals surface area contributed by atoms with Crippen molar-refractivity contribution < 1.29 is 14.3 Å². The Hall–Kier alpha value is -2.02. The fraction of sp³-hybridized carbons (Fsp3) is 0.333. The summed E-state index contributed by atoms with van der Waals surface area (Å²) >= 11 is 5.91. The molecule has 1 fully saturated rings. The molecule has 1 aromatic heterocycles. The van der Waals surface area contributed by atoms with Gasteiger partial charge in [0.2, 0.25) is 0 Å². The molecule has 1 saturated carbocycles. The van der Waals surface area contributed by atoms with E-state index in [-0.39, 0.29) is 17.4 Å². The summed E-state index contributed by atoms with van der Waals surface area (Å²) in [5, 5.41) is 20.2. The molecular weight excluding hydrogens is 287 g/mol. The normalized spacial score (nSPS) is 16.1. The summed E-state index contributed by atoms with van der Waals surface area (Å²) < 4.78 is 14.8. The van der Waals surface area contributed by atoms with Crippen molar-refractivity contribution in [2.24, 2.45) is 5.41 Å². The number of nitrogens with zero attached hydrogens (tertiary/aromatic N) is 4. The molecule has 0 atom stereocenters. The molecule has 2 aromatic rings. The molecule has 0 unspecified atom stereocenters. The molecule has 0 amide bonds. The summed E-state index contributed by atoms with van der Waals surface area (Å²) in [5.74, 6) is -1.18. The van der Waals surface area contributed by atoms with Crippen molar-refractivity contribution >= 4 is 17.6 Å². The number of aromatic nitrogens is 4. The van der Waals surface area contributed by atoms with Gasteiger partial charge in [-0.2, -0.15) is 0 Å². The molecule has 0 aliphatic heterocycles. The Morgan fingerprint density at radius 1 is 1.50 bits per heavy atom. The predicted octanol–water partition coefficient (Wildman–Crippen LogP) is 2.00. The number of carboxylic acids is 1. The van der Waals surface area contributed by atoms with E-state index in [2.05, 4.69) is 15.5 Å². The first-order valence-electron chi connectivity index (χ1n) is 5.97. The van der Waals surface area contributed by atoms with Gasteiger partial charge in [0.25, 0.3) is 0 Å². The number of halogens is 2. The average molecular weight is 297 g/mol. The third kappa shape index (κ3) is 2.03. The van der Waals surface area contributed by atoms with E-state index in [4.69, 9.17) is 11.6 Å². The number of benzene rings is 1. The van der Waals surface area contributed by atoms with Crippen LogP contribution in [-0.2, 0) is 11.3 Å². The van der Waals surface area contributed by atoms with Crippen LogP contribution in [-0.4, -0.2) is 31.3 Å². The van der Waals surface area contributed by atoms with Crippen LogP contribution in [0.3, 0.4) is 0 Å². The molecule has 3 rings (SSSR count). The maximum absolute atomic E-state index is 13.5. The van der Waals surface area contributed by atoms with Crippen LogP contribution in [0.5, 0.6) is 0 Å². The number of aliphatic carboxylic acids is 1. The van der Waals surface area contributed by atoms with Crippen LogP contribution in [0.4, 0.5) is 4.39 Å². The van der Waals surface area contributed by atoms with Gasteiger partial charge >= 0.3 is 5.97 Å². The first-order valence-corrected chi connectivity index (χ1v) is 6.35. The second kappa shape index (κ2) is 4.52. The van der Waals surface area contributed by atoms with E-state index in [9.17, 15) is 14.3 Å². The monoisotopic (exact) mass is 296 g/mol. The first kappa shape index (κ1) is 13.0. The SMILES string of the molecule is O=C(O)C1(Cn2nnnc2-c2cccc(F)c2Cl)CC1. The Balaban J connectivity index is 1.99. The van der Waals surface area contributed by atoms with E-state index in [1.165, 1.54) is 16.8 Å². The second-order valence-electron chi connectivity index (χ2n) is 4.85. The van der Waals surface area contributed by atoms with Crippen LogP contribution in [0.25, 0.3) is 11.4 Å². The Kier molecular flexibility index (Phi) is 2.93. The predicted molar refractivity (Wildman–Crippen MR) is 67.5 cm³/mol. The van der Waals surface area contributed by atoms with Gasteiger partial charge in [-0.15, -0.1) is 5.10 Å². The van der Waals surface area contributed by atoms with Crippen molar-refractivity contribution in [3.05, 3.63) is 29.0 Å². The van der Waals surface area contributed by atoms with Crippen molar-refractivity contribution in [3.63, 3.8) is 0 Å². The van der Waals surface area contributed by atoms with Gasteiger partial charge < -0.3 is 5.11 Å². The summed E-state index contributed by atoms with van der Waals surface area (Å²) in [5.41, 5.74) is -0.470. The van der Waals surface area contributed by atoms with Crippen molar-refractivity contribution in [1.82, 2.24) is 20.2 Å². The van der Waals surface area contributed by atoms with E-state index in [0.717, 1.165) is 0 Å². The van der Waals surface area contributed by atoms with E-state index >= 15 is 0 Å². The van der Waals surface area contributed by atoms with Crippen molar-refractivity contribution in [2.45, 2.75) is 19.4 Å². The molecule has 1 aliphatic rings. The lowest BCUT2D eigenvalue weighted by Gasteiger charge is -2.11. The fourth-order valence-electron chi connectivity index (χ4n) is 2.06. The zero-order valence-corrected chi connectivity index (χ0v) is 11.0. The third-order valence-corrected chi connectivity index (χ3v) is 3.87. The Labute approximate surface area is 118 Å². The Morgan fingerprint density at radius 3 is 2.90 bits per heavy atom. The Morgan fingerprint density at radius 2 is 2.25 bits per heavy atom. The van der Waals surface area contributed by atoms with Gasteiger partial charge in [-0.3, -0.25) is 4.79 Å². The largest absolute Gasteiger partial charge is 0.481 e. The van der Waals surface area contributed by atoms with Gasteiger partial charge in [-0.25, -0.2) is 9.07 Å². The quantitative estimate of drug-likeness (QED) is 0.933. The maximum Gasteiger partial charge on any atom is 0.311 e. The van der Waals surface area contributed by atoms with E-state index < -0.39 is 17.2 Å². The van der Waals surface area contributed by atoms with Gasteiger partial charge in [-0.05, 0) is 35.4 Å². The van der Waals surface area contributed by atoms with Crippen LogP contribution in [0.2, 0.25) is 5.02 Å².